The summed E-state index contributed by atoms with van der Waals surface area (Å²) >= 11 is 5.95. The third kappa shape index (κ3) is 4.04. The molecule has 3 rings (SSSR count). The number of ether oxygens (including phenoxy) is 2. The van der Waals surface area contributed by atoms with Gasteiger partial charge in [-0.05, 0) is 55.0 Å². The van der Waals surface area contributed by atoms with Crippen molar-refractivity contribution in [3.8, 4) is 17.2 Å². The number of alkyl halides is 3. The monoisotopic (exact) mass is 386 g/mol. The van der Waals surface area contributed by atoms with Gasteiger partial charge in [0.1, 0.15) is 22.8 Å². The van der Waals surface area contributed by atoms with Crippen LogP contribution in [-0.4, -0.2) is 17.4 Å². The second kappa shape index (κ2) is 6.72. The maximum Gasteiger partial charge on any atom is 0.573 e. The third-order valence-electron chi connectivity index (χ3n) is 4.06. The molecule has 0 unspecified atom stereocenters. The van der Waals surface area contributed by atoms with E-state index in [1.54, 1.807) is 13.0 Å². The zero-order chi connectivity index (χ0) is 19.1. The fourth-order valence-corrected chi connectivity index (χ4v) is 2.98. The van der Waals surface area contributed by atoms with Crippen molar-refractivity contribution in [3.05, 3.63) is 52.0 Å². The summed E-state index contributed by atoms with van der Waals surface area (Å²) in [5, 5.41) is 9.40. The van der Waals surface area contributed by atoms with Gasteiger partial charge in [-0.1, -0.05) is 17.7 Å². The van der Waals surface area contributed by atoms with E-state index in [2.05, 4.69) is 4.74 Å². The maximum absolute atomic E-state index is 12.3. The molecule has 1 saturated carbocycles. The Bertz CT molecular complexity index is 860. The molecular formula is C18H14ClF3O4. The second-order valence-corrected chi connectivity index (χ2v) is 6.38. The fourth-order valence-electron chi connectivity index (χ4n) is 2.77. The molecule has 0 amide bonds. The summed E-state index contributed by atoms with van der Waals surface area (Å²) in [7, 11) is 0. The Labute approximate surface area is 152 Å². The smallest absolute Gasteiger partial charge is 0.478 e. The summed E-state index contributed by atoms with van der Waals surface area (Å²) in [5.41, 5.74) is 1.60. The molecule has 4 nitrogen and oxygen atoms in total. The van der Waals surface area contributed by atoms with Gasteiger partial charge < -0.3 is 14.6 Å². The van der Waals surface area contributed by atoms with Crippen molar-refractivity contribution in [2.45, 2.75) is 32.0 Å². The van der Waals surface area contributed by atoms with E-state index in [4.69, 9.17) is 16.3 Å². The molecule has 1 fully saturated rings. The van der Waals surface area contributed by atoms with E-state index in [1.807, 2.05) is 6.07 Å². The first-order valence-corrected chi connectivity index (χ1v) is 8.13. The number of aromatic carboxylic acids is 1. The van der Waals surface area contributed by atoms with Gasteiger partial charge in [-0.3, -0.25) is 0 Å². The highest BCUT2D eigenvalue weighted by Gasteiger charge is 2.31. The zero-order valence-electron chi connectivity index (χ0n) is 13.6. The Kier molecular flexibility index (Phi) is 4.75. The van der Waals surface area contributed by atoms with E-state index in [9.17, 15) is 23.1 Å². The third-order valence-corrected chi connectivity index (χ3v) is 4.35. The number of halogens is 4. The molecule has 0 bridgehead atoms. The molecule has 2 aromatic rings. The topological polar surface area (TPSA) is 55.8 Å². The van der Waals surface area contributed by atoms with Crippen LogP contribution in [0.4, 0.5) is 13.2 Å². The number of carbonyl (C=O) groups is 1. The molecule has 2 aromatic carbocycles. The van der Waals surface area contributed by atoms with Crippen LogP contribution < -0.4 is 9.47 Å². The van der Waals surface area contributed by atoms with Gasteiger partial charge in [0.2, 0.25) is 0 Å². The lowest BCUT2D eigenvalue weighted by molar-refractivity contribution is -0.274. The van der Waals surface area contributed by atoms with Gasteiger partial charge in [-0.2, -0.15) is 0 Å². The molecule has 0 saturated heterocycles. The molecule has 0 radical (unpaired) electrons. The summed E-state index contributed by atoms with van der Waals surface area (Å²) in [4.78, 5) is 11.7. The largest absolute Gasteiger partial charge is 0.573 e. The summed E-state index contributed by atoms with van der Waals surface area (Å²) in [6.07, 6.45) is -2.79. The Morgan fingerprint density at radius 3 is 2.38 bits per heavy atom. The average Bonchev–Trinajstić information content (AvgIpc) is 3.33. The van der Waals surface area contributed by atoms with Crippen molar-refractivity contribution in [1.82, 2.24) is 0 Å². The van der Waals surface area contributed by atoms with E-state index in [0.29, 0.717) is 11.5 Å². The normalized spacial score (nSPS) is 14.2. The predicted molar refractivity (Wildman–Crippen MR) is 88.3 cm³/mol. The Balaban J connectivity index is 1.91. The Morgan fingerprint density at radius 1 is 1.19 bits per heavy atom. The van der Waals surface area contributed by atoms with Crippen LogP contribution >= 0.6 is 11.6 Å². The van der Waals surface area contributed by atoms with E-state index < -0.39 is 18.1 Å². The van der Waals surface area contributed by atoms with Crippen molar-refractivity contribution in [2.75, 3.05) is 0 Å². The van der Waals surface area contributed by atoms with Crippen LogP contribution in [0.2, 0.25) is 5.02 Å². The van der Waals surface area contributed by atoms with Crippen LogP contribution in [0, 0.1) is 6.92 Å². The zero-order valence-corrected chi connectivity index (χ0v) is 14.3. The molecule has 1 N–H and O–H groups in total. The summed E-state index contributed by atoms with van der Waals surface area (Å²) in [6, 6.07) is 6.54. The molecule has 26 heavy (non-hydrogen) atoms. The minimum absolute atomic E-state index is 0.0149. The lowest BCUT2D eigenvalue weighted by Gasteiger charge is -2.15. The Hall–Kier alpha value is -2.41. The van der Waals surface area contributed by atoms with Gasteiger partial charge >= 0.3 is 12.3 Å². The summed E-state index contributed by atoms with van der Waals surface area (Å²) in [6.45, 7) is 1.71. The fraction of sp³-hybridized carbons (Fsp3) is 0.278. The highest BCUT2D eigenvalue weighted by molar-refractivity contribution is 6.32. The van der Waals surface area contributed by atoms with Crippen molar-refractivity contribution in [1.29, 1.82) is 0 Å². The van der Waals surface area contributed by atoms with Crippen molar-refractivity contribution >= 4 is 17.6 Å². The molecule has 0 aliphatic heterocycles. The average molecular weight is 387 g/mol. The van der Waals surface area contributed by atoms with E-state index in [0.717, 1.165) is 30.5 Å². The number of carboxylic acids is 1. The highest BCUT2D eigenvalue weighted by atomic mass is 35.5. The molecule has 1 aliphatic rings. The minimum atomic E-state index is -4.84. The molecule has 8 heteroatoms. The van der Waals surface area contributed by atoms with Gasteiger partial charge in [0, 0.05) is 6.07 Å². The first kappa shape index (κ1) is 18.4. The van der Waals surface area contributed by atoms with Crippen LogP contribution in [0.5, 0.6) is 17.2 Å². The molecule has 138 valence electrons. The SMILES string of the molecule is Cc1c(C2CC2)ccc(Oc2ccc(OC(F)(F)F)cc2Cl)c1C(=O)O. The number of hydrogen-bond acceptors (Lipinski definition) is 3. The van der Waals surface area contributed by atoms with Crippen LogP contribution in [0.1, 0.15) is 40.2 Å². The van der Waals surface area contributed by atoms with Crippen LogP contribution in [0.15, 0.2) is 30.3 Å². The van der Waals surface area contributed by atoms with Crippen LogP contribution in [-0.2, 0) is 0 Å². The molecule has 0 heterocycles. The summed E-state index contributed by atoms with van der Waals surface area (Å²) in [5.74, 6) is -1.17. The Morgan fingerprint density at radius 2 is 1.85 bits per heavy atom. The van der Waals surface area contributed by atoms with Crippen LogP contribution in [0.25, 0.3) is 0 Å². The highest BCUT2D eigenvalue weighted by Crippen LogP contribution is 2.44. The van der Waals surface area contributed by atoms with Gasteiger partial charge in [-0.25, -0.2) is 4.79 Å². The molecule has 1 aliphatic carbocycles. The molecular weight excluding hydrogens is 373 g/mol. The lowest BCUT2D eigenvalue weighted by atomic mass is 9.98. The predicted octanol–water partition coefficient (Wildman–Crippen LogP) is 5.91. The van der Waals surface area contributed by atoms with Gasteiger partial charge in [0.15, 0.2) is 0 Å². The summed E-state index contributed by atoms with van der Waals surface area (Å²) < 4.78 is 46.1. The standard InChI is InChI=1S/C18H14ClF3O4/c1-9-12(10-2-3-10)5-7-15(16(9)17(23)24)25-14-6-4-11(8-13(14)19)26-18(20,21)22/h4-8,10H,2-3H2,1H3,(H,23,24). The number of hydrogen-bond donors (Lipinski definition) is 1. The van der Waals surface area contributed by atoms with E-state index in [-0.39, 0.29) is 22.1 Å². The number of carboxylic acid groups (broad SMARTS) is 1. The first-order valence-electron chi connectivity index (χ1n) is 7.75. The van der Waals surface area contributed by atoms with Crippen molar-refractivity contribution in [2.24, 2.45) is 0 Å². The van der Waals surface area contributed by atoms with Crippen LogP contribution in [0.3, 0.4) is 0 Å². The molecule has 0 spiro atoms. The lowest BCUT2D eigenvalue weighted by Crippen LogP contribution is -2.17. The number of benzene rings is 2. The van der Waals surface area contributed by atoms with Gasteiger partial charge in [0.25, 0.3) is 0 Å². The maximum atomic E-state index is 12.3. The van der Waals surface area contributed by atoms with Gasteiger partial charge in [-0.15, -0.1) is 13.2 Å². The second-order valence-electron chi connectivity index (χ2n) is 5.97. The minimum Gasteiger partial charge on any atom is -0.478 e. The molecule has 0 atom stereocenters. The first-order chi connectivity index (χ1) is 12.2. The quantitative estimate of drug-likeness (QED) is 0.693. The van der Waals surface area contributed by atoms with Gasteiger partial charge in [0.05, 0.1) is 5.02 Å². The van der Waals surface area contributed by atoms with Crippen molar-refractivity contribution in [3.63, 3.8) is 0 Å². The number of rotatable bonds is 5. The van der Waals surface area contributed by atoms with E-state index >= 15 is 0 Å². The molecule has 0 aromatic heterocycles. The van der Waals surface area contributed by atoms with Crippen molar-refractivity contribution < 1.29 is 32.5 Å². The van der Waals surface area contributed by atoms with E-state index in [1.165, 1.54) is 6.07 Å².